The number of hydrogen-bond donors (Lipinski definition) is 3. The van der Waals surface area contributed by atoms with E-state index in [1.165, 1.54) is 18.4 Å². The minimum atomic E-state index is -0.806. The number of non-ortho nitro benzene ring substituents is 1. The molecule has 0 aliphatic carbocycles. The van der Waals surface area contributed by atoms with Crippen molar-refractivity contribution in [1.29, 1.82) is 0 Å². The molecule has 1 aromatic heterocycles. The first-order chi connectivity index (χ1) is 11.9. The number of hydrogen-bond acceptors (Lipinski definition) is 5. The lowest BCUT2D eigenvalue weighted by Crippen LogP contribution is -2.42. The molecule has 0 radical (unpaired) electrons. The molecule has 8 nitrogen and oxygen atoms in total. The highest BCUT2D eigenvalue weighted by molar-refractivity contribution is 5.74. The Kier molecular flexibility index (Phi) is 6.13. The standard InChI is InChI=1S/C17H21N3O5/c1-11(9-15(21)16-7-4-8-25-16)18-17(22)19-12(2)13-5-3-6-14(10-13)20(23)24/h3-8,10-12,15,21H,9H2,1-2H3,(H2,18,19,22)/t11-,12-,15-/m1/s1. The Morgan fingerprint density at radius 1 is 1.28 bits per heavy atom. The van der Waals surface area contributed by atoms with Gasteiger partial charge in [0.2, 0.25) is 0 Å². The molecular weight excluding hydrogens is 326 g/mol. The van der Waals surface area contributed by atoms with E-state index in [2.05, 4.69) is 10.6 Å². The minimum absolute atomic E-state index is 0.0264. The quantitative estimate of drug-likeness (QED) is 0.525. The van der Waals surface area contributed by atoms with E-state index in [-0.39, 0.29) is 11.7 Å². The van der Waals surface area contributed by atoms with E-state index in [1.54, 1.807) is 38.1 Å². The number of nitrogens with zero attached hydrogens (tertiary/aromatic N) is 1. The van der Waals surface area contributed by atoms with Gasteiger partial charge in [-0.2, -0.15) is 0 Å². The van der Waals surface area contributed by atoms with Crippen LogP contribution in [0.3, 0.4) is 0 Å². The highest BCUT2D eigenvalue weighted by atomic mass is 16.6. The van der Waals surface area contributed by atoms with Crippen molar-refractivity contribution < 1.29 is 19.2 Å². The summed E-state index contributed by atoms with van der Waals surface area (Å²) in [6.45, 7) is 3.50. The average molecular weight is 347 g/mol. The first-order valence-electron chi connectivity index (χ1n) is 7.89. The molecule has 0 spiro atoms. The zero-order valence-electron chi connectivity index (χ0n) is 14.0. The van der Waals surface area contributed by atoms with E-state index in [1.807, 2.05) is 0 Å². The normalized spacial score (nSPS) is 14.4. The number of nitro groups is 1. The molecule has 1 aromatic carbocycles. The van der Waals surface area contributed by atoms with E-state index >= 15 is 0 Å². The summed E-state index contributed by atoms with van der Waals surface area (Å²) in [5.74, 6) is 0.444. The third kappa shape index (κ3) is 5.32. The van der Waals surface area contributed by atoms with Gasteiger partial charge in [-0.15, -0.1) is 0 Å². The van der Waals surface area contributed by atoms with E-state index in [0.717, 1.165) is 0 Å². The van der Waals surface area contributed by atoms with E-state index in [9.17, 15) is 20.0 Å². The summed E-state index contributed by atoms with van der Waals surface area (Å²) in [5.41, 5.74) is 0.606. The Hall–Kier alpha value is -2.87. The summed E-state index contributed by atoms with van der Waals surface area (Å²) < 4.78 is 5.12. The third-order valence-corrected chi connectivity index (χ3v) is 3.75. The van der Waals surface area contributed by atoms with Crippen LogP contribution in [0.15, 0.2) is 47.1 Å². The fraction of sp³-hybridized carbons (Fsp3) is 0.353. The predicted octanol–water partition coefficient (Wildman–Crippen LogP) is 3.06. The van der Waals surface area contributed by atoms with Gasteiger partial charge in [-0.3, -0.25) is 10.1 Å². The Morgan fingerprint density at radius 2 is 2.04 bits per heavy atom. The maximum atomic E-state index is 12.1. The number of urea groups is 1. The molecule has 2 rings (SSSR count). The van der Waals surface area contributed by atoms with Crippen molar-refractivity contribution in [1.82, 2.24) is 10.6 Å². The number of carbonyl (C=O) groups excluding carboxylic acids is 1. The monoisotopic (exact) mass is 347 g/mol. The van der Waals surface area contributed by atoms with Crippen LogP contribution in [0.5, 0.6) is 0 Å². The fourth-order valence-electron chi connectivity index (χ4n) is 2.44. The van der Waals surface area contributed by atoms with Crippen LogP contribution in [-0.2, 0) is 0 Å². The zero-order valence-corrected chi connectivity index (χ0v) is 14.0. The molecule has 0 fully saturated rings. The van der Waals surface area contributed by atoms with Crippen molar-refractivity contribution in [2.24, 2.45) is 0 Å². The van der Waals surface area contributed by atoms with Gasteiger partial charge >= 0.3 is 6.03 Å². The van der Waals surface area contributed by atoms with Crippen molar-refractivity contribution in [3.8, 4) is 0 Å². The van der Waals surface area contributed by atoms with Gasteiger partial charge in [0.05, 0.1) is 17.2 Å². The smallest absolute Gasteiger partial charge is 0.315 e. The average Bonchev–Trinajstić information content (AvgIpc) is 3.09. The van der Waals surface area contributed by atoms with Crippen LogP contribution < -0.4 is 10.6 Å². The third-order valence-electron chi connectivity index (χ3n) is 3.75. The molecule has 2 amide bonds. The van der Waals surface area contributed by atoms with Gasteiger partial charge in [0.15, 0.2) is 0 Å². The Morgan fingerprint density at radius 3 is 2.68 bits per heavy atom. The topological polar surface area (TPSA) is 118 Å². The fourth-order valence-corrected chi connectivity index (χ4v) is 2.44. The lowest BCUT2D eigenvalue weighted by atomic mass is 10.1. The Labute approximate surface area is 145 Å². The van der Waals surface area contributed by atoms with Crippen LogP contribution >= 0.6 is 0 Å². The summed E-state index contributed by atoms with van der Waals surface area (Å²) in [4.78, 5) is 22.4. The maximum Gasteiger partial charge on any atom is 0.315 e. The van der Waals surface area contributed by atoms with E-state index < -0.39 is 23.1 Å². The van der Waals surface area contributed by atoms with Crippen molar-refractivity contribution >= 4 is 11.7 Å². The summed E-state index contributed by atoms with van der Waals surface area (Å²) >= 11 is 0. The molecule has 0 bridgehead atoms. The number of rotatable bonds is 7. The maximum absolute atomic E-state index is 12.1. The molecule has 3 N–H and O–H groups in total. The SMILES string of the molecule is C[C@H](C[C@@H](O)c1ccco1)NC(=O)N[C@H](C)c1cccc([N+](=O)[O-])c1. The molecule has 8 heteroatoms. The molecule has 134 valence electrons. The molecule has 0 saturated carbocycles. The van der Waals surface area contributed by atoms with Gasteiger partial charge in [0.1, 0.15) is 11.9 Å². The summed E-state index contributed by atoms with van der Waals surface area (Å²) in [6.07, 6.45) is 0.968. The molecule has 0 saturated heterocycles. The highest BCUT2D eigenvalue weighted by Crippen LogP contribution is 2.20. The van der Waals surface area contributed by atoms with Crippen molar-refractivity contribution in [3.05, 3.63) is 64.1 Å². The zero-order chi connectivity index (χ0) is 18.4. The number of nitro benzene ring substituents is 1. The molecule has 1 heterocycles. The summed E-state index contributed by atoms with van der Waals surface area (Å²) in [6, 6.07) is 8.35. The second-order valence-corrected chi connectivity index (χ2v) is 5.86. The van der Waals surface area contributed by atoms with E-state index in [4.69, 9.17) is 4.42 Å². The van der Waals surface area contributed by atoms with Crippen molar-refractivity contribution in [2.45, 2.75) is 38.5 Å². The first-order valence-corrected chi connectivity index (χ1v) is 7.89. The Balaban J connectivity index is 1.86. The van der Waals surface area contributed by atoms with Gasteiger partial charge in [0, 0.05) is 24.6 Å². The molecule has 3 atom stereocenters. The summed E-state index contributed by atoms with van der Waals surface area (Å²) in [5, 5.41) is 26.3. The van der Waals surface area contributed by atoms with Crippen LogP contribution in [0.4, 0.5) is 10.5 Å². The lowest BCUT2D eigenvalue weighted by molar-refractivity contribution is -0.384. The second kappa shape index (κ2) is 8.29. The van der Waals surface area contributed by atoms with Crippen LogP contribution in [0.2, 0.25) is 0 Å². The van der Waals surface area contributed by atoms with Crippen LogP contribution in [0.1, 0.15) is 43.7 Å². The number of amides is 2. The van der Waals surface area contributed by atoms with Gasteiger partial charge in [0.25, 0.3) is 5.69 Å². The first kappa shape index (κ1) is 18.5. The van der Waals surface area contributed by atoms with Crippen LogP contribution in [0, 0.1) is 10.1 Å². The molecule has 25 heavy (non-hydrogen) atoms. The molecule has 0 unspecified atom stereocenters. The molecule has 0 aliphatic rings. The van der Waals surface area contributed by atoms with Crippen LogP contribution in [-0.4, -0.2) is 22.1 Å². The molecule has 2 aromatic rings. The minimum Gasteiger partial charge on any atom is -0.467 e. The van der Waals surface area contributed by atoms with Crippen molar-refractivity contribution in [3.63, 3.8) is 0 Å². The predicted molar refractivity (Wildman–Crippen MR) is 90.9 cm³/mol. The lowest BCUT2D eigenvalue weighted by Gasteiger charge is -2.20. The number of carbonyl (C=O) groups is 1. The number of furan rings is 1. The van der Waals surface area contributed by atoms with Gasteiger partial charge in [-0.25, -0.2) is 4.79 Å². The highest BCUT2D eigenvalue weighted by Gasteiger charge is 2.18. The van der Waals surface area contributed by atoms with Gasteiger partial charge in [-0.1, -0.05) is 12.1 Å². The largest absolute Gasteiger partial charge is 0.467 e. The van der Waals surface area contributed by atoms with Crippen molar-refractivity contribution in [2.75, 3.05) is 0 Å². The van der Waals surface area contributed by atoms with Gasteiger partial charge < -0.3 is 20.2 Å². The number of nitrogens with one attached hydrogen (secondary N) is 2. The van der Waals surface area contributed by atoms with Gasteiger partial charge in [-0.05, 0) is 31.5 Å². The Bertz CT molecular complexity index is 717. The van der Waals surface area contributed by atoms with E-state index in [0.29, 0.717) is 17.7 Å². The number of aliphatic hydroxyl groups is 1. The number of benzene rings is 1. The number of aliphatic hydroxyl groups excluding tert-OH is 1. The van der Waals surface area contributed by atoms with Crippen LogP contribution in [0.25, 0.3) is 0 Å². The second-order valence-electron chi connectivity index (χ2n) is 5.86. The molecule has 0 aliphatic heterocycles. The molecular formula is C17H21N3O5. The summed E-state index contributed by atoms with van der Waals surface area (Å²) in [7, 11) is 0.